The van der Waals surface area contributed by atoms with E-state index < -0.39 is 0 Å². The summed E-state index contributed by atoms with van der Waals surface area (Å²) >= 11 is 0. The molecule has 0 N–H and O–H groups in total. The molecule has 0 fully saturated rings. The van der Waals surface area contributed by atoms with Crippen molar-refractivity contribution in [1.29, 1.82) is 0 Å². The van der Waals surface area contributed by atoms with Crippen LogP contribution in [0.2, 0.25) is 0 Å². The Bertz CT molecular complexity index is 435. The van der Waals surface area contributed by atoms with Gasteiger partial charge in [-0.3, -0.25) is 0 Å². The molecule has 0 saturated heterocycles. The summed E-state index contributed by atoms with van der Waals surface area (Å²) in [6, 6.07) is 0. The minimum atomic E-state index is 0. The Hall–Kier alpha value is 0.743. The normalized spacial score (nSPS) is 17.6. The van der Waals surface area contributed by atoms with Crippen LogP contribution in [0, 0.1) is 5.41 Å². The molecule has 0 amide bonds. The van der Waals surface area contributed by atoms with Crippen molar-refractivity contribution in [1.82, 2.24) is 4.90 Å². The molecule has 1 aliphatic carbocycles. The third-order valence-electron chi connectivity index (χ3n) is 4.57. The molecule has 0 radical (unpaired) electrons. The summed E-state index contributed by atoms with van der Waals surface area (Å²) in [6.07, 6.45) is 0. The smallest absolute Gasteiger partial charge is 1.00 e. The van der Waals surface area contributed by atoms with Gasteiger partial charge in [-0.05, 0) is 73.5 Å². The molecule has 0 aromatic carbocycles. The zero-order valence-electron chi connectivity index (χ0n) is 16.2. The van der Waals surface area contributed by atoms with Gasteiger partial charge in [0.15, 0.2) is 0 Å². The monoisotopic (exact) mass is 423 g/mol. The molecule has 0 aromatic rings. The number of hydrogen-bond donors (Lipinski definition) is 0. The Morgan fingerprint density at radius 1 is 0.727 bits per heavy atom. The van der Waals surface area contributed by atoms with Gasteiger partial charge in [0.2, 0.25) is 0 Å². The summed E-state index contributed by atoms with van der Waals surface area (Å²) in [5.74, 6) is 0. The Morgan fingerprint density at radius 3 is 1.23 bits per heavy atom. The third kappa shape index (κ3) is 4.87. The van der Waals surface area contributed by atoms with E-state index in [4.69, 9.17) is 0 Å². The summed E-state index contributed by atoms with van der Waals surface area (Å²) in [5, 5.41) is 0. The van der Waals surface area contributed by atoms with E-state index >= 15 is 0 Å². The molecule has 0 spiro atoms. The first-order chi connectivity index (χ1) is 8.22. The summed E-state index contributed by atoms with van der Waals surface area (Å²) in [6.45, 7) is 25.5. The van der Waals surface area contributed by atoms with Crippen LogP contribution in [-0.4, -0.2) is 16.0 Å². The molecule has 0 aromatic heterocycles. The van der Waals surface area contributed by atoms with Crippen molar-refractivity contribution < 1.29 is 51.0 Å². The quantitative estimate of drug-likeness (QED) is 0.550. The van der Waals surface area contributed by atoms with Crippen LogP contribution >= 0.6 is 0 Å². The van der Waals surface area contributed by atoms with E-state index in [1.54, 1.807) is 0 Å². The van der Waals surface area contributed by atoms with E-state index in [1.165, 1.54) is 22.4 Å². The van der Waals surface area contributed by atoms with Gasteiger partial charge in [0, 0.05) is 22.2 Å². The van der Waals surface area contributed by atoms with Crippen LogP contribution in [-0.2, 0) is 26.2 Å². The van der Waals surface area contributed by atoms with Crippen LogP contribution < -0.4 is 24.8 Å². The minimum Gasteiger partial charge on any atom is -1.00 e. The predicted molar refractivity (Wildman–Crippen MR) is 86.2 cm³/mol. The molecule has 4 heteroatoms. The molecule has 0 aliphatic heterocycles. The van der Waals surface area contributed by atoms with Crippen LogP contribution in [0.15, 0.2) is 22.4 Å². The maximum atomic E-state index is 2.62. The molecular formula is C18H33Cl2NZr. The first-order valence-electron chi connectivity index (χ1n) is 7.42. The van der Waals surface area contributed by atoms with Crippen LogP contribution in [0.4, 0.5) is 0 Å². The number of rotatable bonds is 1. The largest absolute Gasteiger partial charge is 2.00 e. The predicted octanol–water partition coefficient (Wildman–Crippen LogP) is -0.459. The van der Waals surface area contributed by atoms with Crippen molar-refractivity contribution in [3.8, 4) is 0 Å². The first kappa shape index (κ1) is 27.6. The molecule has 0 atom stereocenters. The molecule has 1 aliphatic rings. The van der Waals surface area contributed by atoms with Crippen molar-refractivity contribution in [2.75, 3.05) is 0 Å². The Morgan fingerprint density at radius 2 is 1.05 bits per heavy atom. The van der Waals surface area contributed by atoms with E-state index in [0.29, 0.717) is 0 Å². The fourth-order valence-electron chi connectivity index (χ4n) is 3.70. The molecule has 1 nitrogen and oxygen atoms in total. The van der Waals surface area contributed by atoms with Gasteiger partial charge in [0.1, 0.15) is 0 Å². The summed E-state index contributed by atoms with van der Waals surface area (Å²) in [5.41, 5.74) is 6.33. The van der Waals surface area contributed by atoms with Gasteiger partial charge in [0.05, 0.1) is 0 Å². The van der Waals surface area contributed by atoms with Crippen molar-refractivity contribution in [3.63, 3.8) is 0 Å². The van der Waals surface area contributed by atoms with Crippen molar-refractivity contribution in [2.24, 2.45) is 5.41 Å². The zero-order chi connectivity index (χ0) is 15.4. The molecular weight excluding hydrogens is 392 g/mol. The Labute approximate surface area is 170 Å². The molecule has 0 saturated carbocycles. The summed E-state index contributed by atoms with van der Waals surface area (Å²) in [7, 11) is 0. The zero-order valence-corrected chi connectivity index (χ0v) is 20.2. The van der Waals surface area contributed by atoms with Gasteiger partial charge in [0.25, 0.3) is 0 Å². The Kier molecular flexibility index (Phi) is 10.3. The SMILES string of the molecule is CC1=C(C)C(C)(C)C(N(C(C)(C)C)C(C)(C)C)=C1C.[Cl-].[Cl-].[Zr+2]. The number of halogens is 2. The molecule has 22 heavy (non-hydrogen) atoms. The molecule has 0 unspecified atom stereocenters. The van der Waals surface area contributed by atoms with Crippen LogP contribution in [0.3, 0.4) is 0 Å². The van der Waals surface area contributed by atoms with E-state index in [2.05, 4.69) is 81.1 Å². The maximum absolute atomic E-state index is 2.62. The number of hydrogen-bond acceptors (Lipinski definition) is 1. The van der Waals surface area contributed by atoms with Crippen LogP contribution in [0.1, 0.15) is 76.2 Å². The topological polar surface area (TPSA) is 3.24 Å². The molecule has 128 valence electrons. The van der Waals surface area contributed by atoms with Gasteiger partial charge >= 0.3 is 26.2 Å². The van der Waals surface area contributed by atoms with Gasteiger partial charge in [-0.1, -0.05) is 19.4 Å². The van der Waals surface area contributed by atoms with Gasteiger partial charge in [-0.15, -0.1) is 0 Å². The molecule has 0 heterocycles. The summed E-state index contributed by atoms with van der Waals surface area (Å²) in [4.78, 5) is 2.62. The van der Waals surface area contributed by atoms with Crippen molar-refractivity contribution in [3.05, 3.63) is 22.4 Å². The van der Waals surface area contributed by atoms with Gasteiger partial charge in [-0.2, -0.15) is 0 Å². The average molecular weight is 426 g/mol. The standard InChI is InChI=1S/C18H33N.2ClH.Zr/c1-12-13(2)15(18(10,11)14(12)3)19(16(4,5)6)17(7,8)9;;;/h1-11H3;2*1H;/q;;;+2/p-2. The van der Waals surface area contributed by atoms with Gasteiger partial charge in [-0.25, -0.2) is 0 Å². The van der Waals surface area contributed by atoms with E-state index in [0.717, 1.165) is 0 Å². The Balaban J connectivity index is -0.00000120. The first-order valence-corrected chi connectivity index (χ1v) is 7.42. The van der Waals surface area contributed by atoms with Crippen LogP contribution in [0.25, 0.3) is 0 Å². The second-order valence-electron chi connectivity index (χ2n) is 8.53. The molecule has 0 bridgehead atoms. The fourth-order valence-corrected chi connectivity index (χ4v) is 3.70. The van der Waals surface area contributed by atoms with E-state index in [9.17, 15) is 0 Å². The van der Waals surface area contributed by atoms with Crippen molar-refractivity contribution in [2.45, 2.75) is 87.2 Å². The number of allylic oxidation sites excluding steroid dienone is 3. The third-order valence-corrected chi connectivity index (χ3v) is 4.57. The fraction of sp³-hybridized carbons (Fsp3) is 0.778. The van der Waals surface area contributed by atoms with E-state index in [-0.39, 0.29) is 67.5 Å². The second kappa shape index (κ2) is 8.22. The maximum Gasteiger partial charge on any atom is 2.00 e. The summed E-state index contributed by atoms with van der Waals surface area (Å²) < 4.78 is 0. The minimum absolute atomic E-state index is 0. The second-order valence-corrected chi connectivity index (χ2v) is 8.53. The average Bonchev–Trinajstić information content (AvgIpc) is 2.29. The van der Waals surface area contributed by atoms with E-state index in [1.807, 2.05) is 0 Å². The van der Waals surface area contributed by atoms with Crippen LogP contribution in [0.5, 0.6) is 0 Å². The van der Waals surface area contributed by atoms with Crippen molar-refractivity contribution >= 4 is 0 Å². The van der Waals surface area contributed by atoms with Gasteiger partial charge < -0.3 is 29.7 Å². The number of nitrogens with zero attached hydrogens (tertiary/aromatic N) is 1. The molecule has 1 rings (SSSR count).